The number of rotatable bonds is 2. The number of hydrogen-bond donors (Lipinski definition) is 0. The molecule has 0 radical (unpaired) electrons. The second kappa shape index (κ2) is 4.83. The van der Waals surface area contributed by atoms with Crippen LogP contribution >= 0.6 is 11.6 Å². The minimum absolute atomic E-state index is 0.00333. The third-order valence-corrected chi connectivity index (χ3v) is 2.61. The van der Waals surface area contributed by atoms with E-state index < -0.39 is 5.82 Å². The highest BCUT2D eigenvalue weighted by Gasteiger charge is 2.16. The number of carbonyl (C=O) groups is 1. The predicted molar refractivity (Wildman–Crippen MR) is 63.5 cm³/mol. The van der Waals surface area contributed by atoms with Gasteiger partial charge in [0.1, 0.15) is 5.82 Å². The maximum atomic E-state index is 13.6. The van der Waals surface area contributed by atoms with Gasteiger partial charge in [0.25, 0.3) is 5.91 Å². The number of carbonyl (C=O) groups excluding carboxylic acids is 1. The molecule has 0 aliphatic carbocycles. The molecular weight excluding hydrogens is 229 g/mol. The Morgan fingerprint density at radius 3 is 2.38 bits per heavy atom. The van der Waals surface area contributed by atoms with Crippen molar-refractivity contribution >= 4 is 17.5 Å². The Bertz CT molecular complexity index is 416. The van der Waals surface area contributed by atoms with E-state index in [9.17, 15) is 9.18 Å². The largest absolute Gasteiger partial charge is 0.345 e. The van der Waals surface area contributed by atoms with Gasteiger partial charge in [-0.15, -0.1) is 0 Å². The molecule has 4 heteroatoms. The molecule has 0 saturated carbocycles. The van der Waals surface area contributed by atoms with Gasteiger partial charge in [-0.1, -0.05) is 25.4 Å². The van der Waals surface area contributed by atoms with Crippen molar-refractivity contribution in [1.29, 1.82) is 0 Å². The van der Waals surface area contributed by atoms with Crippen molar-refractivity contribution in [3.63, 3.8) is 0 Å². The zero-order chi connectivity index (χ0) is 12.5. The van der Waals surface area contributed by atoms with E-state index in [0.717, 1.165) is 0 Å². The molecule has 0 heterocycles. The van der Waals surface area contributed by atoms with Crippen LogP contribution in [0.15, 0.2) is 12.1 Å². The Labute approximate surface area is 100 Å². The molecule has 0 fully saturated rings. The highest BCUT2D eigenvalue weighted by atomic mass is 35.5. The fraction of sp³-hybridized carbons (Fsp3) is 0.417. The molecule has 0 aliphatic rings. The molecule has 1 aromatic carbocycles. The van der Waals surface area contributed by atoms with Crippen molar-refractivity contribution in [1.82, 2.24) is 4.90 Å². The fourth-order valence-corrected chi connectivity index (χ4v) is 1.64. The molecule has 0 saturated heterocycles. The zero-order valence-corrected chi connectivity index (χ0v) is 10.6. The van der Waals surface area contributed by atoms with Crippen LogP contribution in [0.3, 0.4) is 0 Å². The summed E-state index contributed by atoms with van der Waals surface area (Å²) in [7, 11) is 3.29. The van der Waals surface area contributed by atoms with E-state index in [-0.39, 0.29) is 16.8 Å². The van der Waals surface area contributed by atoms with Crippen molar-refractivity contribution in [3.8, 4) is 0 Å². The molecule has 0 aromatic heterocycles. The van der Waals surface area contributed by atoms with E-state index in [1.165, 1.54) is 11.0 Å². The lowest BCUT2D eigenvalue weighted by atomic mass is 9.99. The van der Waals surface area contributed by atoms with Crippen LogP contribution in [-0.4, -0.2) is 24.9 Å². The maximum absolute atomic E-state index is 13.6. The zero-order valence-electron chi connectivity index (χ0n) is 9.84. The highest BCUT2D eigenvalue weighted by Crippen LogP contribution is 2.26. The Morgan fingerprint density at radius 2 is 1.94 bits per heavy atom. The maximum Gasteiger partial charge on any atom is 0.253 e. The molecule has 0 N–H and O–H groups in total. The summed E-state index contributed by atoms with van der Waals surface area (Å²) in [5.41, 5.74) is 0.887. The van der Waals surface area contributed by atoms with E-state index >= 15 is 0 Å². The second-order valence-corrected chi connectivity index (χ2v) is 4.62. The van der Waals surface area contributed by atoms with Crippen molar-refractivity contribution in [2.75, 3.05) is 14.1 Å². The molecule has 2 nitrogen and oxygen atoms in total. The summed E-state index contributed by atoms with van der Waals surface area (Å²) in [5, 5.41) is -0.00333. The molecular formula is C12H15ClFNO. The monoisotopic (exact) mass is 243 g/mol. The molecule has 0 aliphatic heterocycles. The fourth-order valence-electron chi connectivity index (χ4n) is 1.41. The lowest BCUT2D eigenvalue weighted by molar-refractivity contribution is 0.0827. The lowest BCUT2D eigenvalue weighted by Gasteiger charge is -2.14. The molecule has 1 aromatic rings. The summed E-state index contributed by atoms with van der Waals surface area (Å²) in [6.07, 6.45) is 0. The summed E-state index contributed by atoms with van der Waals surface area (Å²) >= 11 is 5.77. The SMILES string of the molecule is CC(C)c1cc(C(=O)N(C)C)cc(Cl)c1F. The highest BCUT2D eigenvalue weighted by molar-refractivity contribution is 6.31. The molecule has 1 rings (SSSR count). The van der Waals surface area contributed by atoms with Crippen LogP contribution in [0.2, 0.25) is 5.02 Å². The van der Waals surface area contributed by atoms with Crippen LogP contribution in [0.25, 0.3) is 0 Å². The normalized spacial score (nSPS) is 10.7. The van der Waals surface area contributed by atoms with Crippen LogP contribution in [0.1, 0.15) is 35.7 Å². The van der Waals surface area contributed by atoms with Gasteiger partial charge in [-0.25, -0.2) is 4.39 Å². The summed E-state index contributed by atoms with van der Waals surface area (Å²) in [6, 6.07) is 2.93. The Hall–Kier alpha value is -1.09. The molecule has 0 unspecified atom stereocenters. The van der Waals surface area contributed by atoms with Crippen LogP contribution in [0.4, 0.5) is 4.39 Å². The average molecular weight is 244 g/mol. The van der Waals surface area contributed by atoms with Gasteiger partial charge in [0.05, 0.1) is 5.02 Å². The molecule has 0 bridgehead atoms. The first-order chi connectivity index (χ1) is 7.34. The van der Waals surface area contributed by atoms with Crippen LogP contribution < -0.4 is 0 Å². The average Bonchev–Trinajstić information content (AvgIpc) is 2.20. The lowest BCUT2D eigenvalue weighted by Crippen LogP contribution is -2.22. The third kappa shape index (κ3) is 2.53. The van der Waals surface area contributed by atoms with Crippen LogP contribution in [0.5, 0.6) is 0 Å². The Morgan fingerprint density at radius 1 is 1.38 bits per heavy atom. The molecule has 0 atom stereocenters. The number of benzene rings is 1. The number of hydrogen-bond acceptors (Lipinski definition) is 1. The van der Waals surface area contributed by atoms with Crippen molar-refractivity contribution < 1.29 is 9.18 Å². The van der Waals surface area contributed by atoms with E-state index in [1.807, 2.05) is 13.8 Å². The summed E-state index contributed by atoms with van der Waals surface area (Å²) < 4.78 is 13.6. The summed E-state index contributed by atoms with van der Waals surface area (Å²) in [5.74, 6) is -0.622. The third-order valence-electron chi connectivity index (χ3n) is 2.33. The van der Waals surface area contributed by atoms with E-state index in [1.54, 1.807) is 20.2 Å². The molecule has 88 valence electrons. The van der Waals surface area contributed by atoms with Gasteiger partial charge in [0.2, 0.25) is 0 Å². The van der Waals surface area contributed by atoms with Crippen molar-refractivity contribution in [2.45, 2.75) is 19.8 Å². The van der Waals surface area contributed by atoms with Crippen LogP contribution in [0, 0.1) is 5.82 Å². The van der Waals surface area contributed by atoms with Crippen LogP contribution in [-0.2, 0) is 0 Å². The first kappa shape index (κ1) is 13.0. The van der Waals surface area contributed by atoms with Gasteiger partial charge in [0.15, 0.2) is 0 Å². The summed E-state index contributed by atoms with van der Waals surface area (Å²) in [4.78, 5) is 13.2. The molecule has 1 amide bonds. The smallest absolute Gasteiger partial charge is 0.253 e. The first-order valence-corrected chi connectivity index (χ1v) is 5.43. The Kier molecular flexibility index (Phi) is 3.92. The van der Waals surface area contributed by atoms with Gasteiger partial charge in [0, 0.05) is 19.7 Å². The quantitative estimate of drug-likeness (QED) is 0.781. The minimum atomic E-state index is -0.438. The second-order valence-electron chi connectivity index (χ2n) is 4.22. The van der Waals surface area contributed by atoms with Crippen molar-refractivity contribution in [3.05, 3.63) is 34.1 Å². The molecule has 0 spiro atoms. The Balaban J connectivity index is 3.29. The number of halogens is 2. The summed E-state index contributed by atoms with van der Waals surface area (Å²) in [6.45, 7) is 3.72. The van der Waals surface area contributed by atoms with E-state index in [0.29, 0.717) is 11.1 Å². The van der Waals surface area contributed by atoms with Gasteiger partial charge in [-0.2, -0.15) is 0 Å². The predicted octanol–water partition coefficient (Wildman–Crippen LogP) is 3.30. The van der Waals surface area contributed by atoms with Gasteiger partial charge < -0.3 is 4.90 Å². The van der Waals surface area contributed by atoms with E-state index in [4.69, 9.17) is 11.6 Å². The van der Waals surface area contributed by atoms with E-state index in [2.05, 4.69) is 0 Å². The minimum Gasteiger partial charge on any atom is -0.345 e. The first-order valence-electron chi connectivity index (χ1n) is 5.05. The topological polar surface area (TPSA) is 20.3 Å². The number of nitrogens with zero attached hydrogens (tertiary/aromatic N) is 1. The number of amides is 1. The van der Waals surface area contributed by atoms with Gasteiger partial charge in [-0.3, -0.25) is 4.79 Å². The molecule has 16 heavy (non-hydrogen) atoms. The van der Waals surface area contributed by atoms with Crippen molar-refractivity contribution in [2.24, 2.45) is 0 Å². The van der Waals surface area contributed by atoms with Gasteiger partial charge in [-0.05, 0) is 23.6 Å². The standard InChI is InChI=1S/C12H15ClFNO/c1-7(2)9-5-8(12(16)15(3)4)6-10(13)11(9)14/h5-7H,1-4H3. The van der Waals surface area contributed by atoms with Gasteiger partial charge >= 0.3 is 0 Å².